The molecule has 0 aliphatic rings. The number of fused-ring (bicyclic) bond motifs is 1. The number of halogens is 1. The van der Waals surface area contributed by atoms with Crippen molar-refractivity contribution in [3.05, 3.63) is 22.7 Å². The molecule has 1 heterocycles. The van der Waals surface area contributed by atoms with Crippen molar-refractivity contribution < 1.29 is 0 Å². The number of aromatic nitrogens is 1. The number of thiazole rings is 1. The quantitative estimate of drug-likeness (QED) is 0.611. The molecule has 19 heavy (non-hydrogen) atoms. The maximum Gasteiger partial charge on any atom is 0.183 e. The number of hydrogen-bond acceptors (Lipinski definition) is 3. The first kappa shape index (κ1) is 14.8. The van der Waals surface area contributed by atoms with E-state index in [2.05, 4.69) is 45.3 Å². The molecule has 0 bridgehead atoms. The van der Waals surface area contributed by atoms with Crippen LogP contribution in [-0.4, -0.2) is 11.5 Å². The van der Waals surface area contributed by atoms with Crippen LogP contribution < -0.4 is 5.32 Å². The Morgan fingerprint density at radius 3 is 2.79 bits per heavy atom. The summed E-state index contributed by atoms with van der Waals surface area (Å²) in [6.07, 6.45) is 8.00. The Kier molecular flexibility index (Phi) is 6.11. The summed E-state index contributed by atoms with van der Waals surface area (Å²) in [5, 5.41) is 4.48. The summed E-state index contributed by atoms with van der Waals surface area (Å²) in [7, 11) is 0. The van der Waals surface area contributed by atoms with Gasteiger partial charge in [0.15, 0.2) is 5.13 Å². The standard InChI is InChI=1S/C15H21BrN2S/c1-2-3-4-5-6-7-10-17-15-18-13-9-8-12(16)11-14(13)19-15/h8-9,11H,2-7,10H2,1H3,(H,17,18). The average Bonchev–Trinajstić information content (AvgIpc) is 2.79. The van der Waals surface area contributed by atoms with Crippen molar-refractivity contribution in [2.75, 3.05) is 11.9 Å². The second-order valence-electron chi connectivity index (χ2n) is 4.83. The molecule has 0 atom stereocenters. The van der Waals surface area contributed by atoms with E-state index in [0.717, 1.165) is 21.7 Å². The number of hydrogen-bond donors (Lipinski definition) is 1. The first-order valence-corrected chi connectivity index (χ1v) is 8.70. The zero-order valence-electron chi connectivity index (χ0n) is 11.4. The Hall–Kier alpha value is -0.610. The van der Waals surface area contributed by atoms with Crippen LogP contribution in [-0.2, 0) is 0 Å². The molecular formula is C15H21BrN2S. The van der Waals surface area contributed by atoms with E-state index in [1.807, 2.05) is 6.07 Å². The molecule has 0 amide bonds. The monoisotopic (exact) mass is 340 g/mol. The van der Waals surface area contributed by atoms with E-state index in [4.69, 9.17) is 0 Å². The predicted molar refractivity (Wildman–Crippen MR) is 89.2 cm³/mol. The highest BCUT2D eigenvalue weighted by Crippen LogP contribution is 2.28. The van der Waals surface area contributed by atoms with Crippen LogP contribution in [0, 0.1) is 0 Å². The second kappa shape index (κ2) is 7.85. The number of anilines is 1. The molecule has 2 nitrogen and oxygen atoms in total. The van der Waals surface area contributed by atoms with Gasteiger partial charge in [-0.25, -0.2) is 4.98 Å². The minimum Gasteiger partial charge on any atom is -0.361 e. The average molecular weight is 341 g/mol. The van der Waals surface area contributed by atoms with Crippen molar-refractivity contribution in [3.8, 4) is 0 Å². The van der Waals surface area contributed by atoms with Gasteiger partial charge in [0.05, 0.1) is 10.2 Å². The molecule has 2 aromatic rings. The van der Waals surface area contributed by atoms with Crippen LogP contribution in [0.1, 0.15) is 45.4 Å². The van der Waals surface area contributed by atoms with E-state index in [0.29, 0.717) is 0 Å². The van der Waals surface area contributed by atoms with Crippen molar-refractivity contribution in [2.24, 2.45) is 0 Å². The first-order valence-electron chi connectivity index (χ1n) is 7.09. The fraction of sp³-hybridized carbons (Fsp3) is 0.533. The van der Waals surface area contributed by atoms with Crippen LogP contribution in [0.15, 0.2) is 22.7 Å². The molecule has 0 aliphatic heterocycles. The lowest BCUT2D eigenvalue weighted by Crippen LogP contribution is -2.00. The summed E-state index contributed by atoms with van der Waals surface area (Å²) >= 11 is 5.23. The van der Waals surface area contributed by atoms with Gasteiger partial charge < -0.3 is 5.32 Å². The number of benzene rings is 1. The van der Waals surface area contributed by atoms with Gasteiger partial charge >= 0.3 is 0 Å². The van der Waals surface area contributed by atoms with E-state index in [9.17, 15) is 0 Å². The van der Waals surface area contributed by atoms with Gasteiger partial charge in [0.2, 0.25) is 0 Å². The summed E-state index contributed by atoms with van der Waals surface area (Å²) in [6.45, 7) is 3.29. The topological polar surface area (TPSA) is 24.9 Å². The Labute approximate surface area is 127 Å². The number of rotatable bonds is 8. The van der Waals surface area contributed by atoms with Gasteiger partial charge in [-0.3, -0.25) is 0 Å². The van der Waals surface area contributed by atoms with Crippen molar-refractivity contribution in [1.29, 1.82) is 0 Å². The number of nitrogens with one attached hydrogen (secondary N) is 1. The molecule has 0 aliphatic carbocycles. The van der Waals surface area contributed by atoms with E-state index >= 15 is 0 Å². The van der Waals surface area contributed by atoms with Crippen molar-refractivity contribution in [1.82, 2.24) is 4.98 Å². The van der Waals surface area contributed by atoms with Crippen LogP contribution in [0.4, 0.5) is 5.13 Å². The Morgan fingerprint density at radius 1 is 1.16 bits per heavy atom. The van der Waals surface area contributed by atoms with Gasteiger partial charge in [0, 0.05) is 11.0 Å². The zero-order chi connectivity index (χ0) is 13.5. The molecule has 1 aromatic heterocycles. The van der Waals surface area contributed by atoms with Crippen LogP contribution in [0.2, 0.25) is 0 Å². The van der Waals surface area contributed by atoms with Crippen molar-refractivity contribution in [2.45, 2.75) is 45.4 Å². The molecule has 4 heteroatoms. The molecule has 1 aromatic carbocycles. The highest BCUT2D eigenvalue weighted by atomic mass is 79.9. The Balaban J connectivity index is 1.72. The second-order valence-corrected chi connectivity index (χ2v) is 6.77. The highest BCUT2D eigenvalue weighted by Gasteiger charge is 2.03. The predicted octanol–water partition coefficient (Wildman–Crippen LogP) is 5.83. The highest BCUT2D eigenvalue weighted by molar-refractivity contribution is 9.10. The minimum absolute atomic E-state index is 1.03. The molecule has 0 saturated heterocycles. The Bertz CT molecular complexity index is 510. The van der Waals surface area contributed by atoms with Gasteiger partial charge in [0.1, 0.15) is 0 Å². The molecule has 0 spiro atoms. The maximum absolute atomic E-state index is 4.59. The van der Waals surface area contributed by atoms with Crippen molar-refractivity contribution >= 4 is 42.6 Å². The molecule has 0 fully saturated rings. The van der Waals surface area contributed by atoms with Gasteiger partial charge in [-0.05, 0) is 24.6 Å². The number of nitrogens with zero attached hydrogens (tertiary/aromatic N) is 1. The fourth-order valence-electron chi connectivity index (χ4n) is 2.07. The van der Waals surface area contributed by atoms with Crippen LogP contribution in [0.5, 0.6) is 0 Å². The molecule has 0 saturated carbocycles. The largest absolute Gasteiger partial charge is 0.361 e. The summed E-state index contributed by atoms with van der Waals surface area (Å²) in [4.78, 5) is 4.59. The zero-order valence-corrected chi connectivity index (χ0v) is 13.8. The van der Waals surface area contributed by atoms with E-state index in [1.54, 1.807) is 11.3 Å². The van der Waals surface area contributed by atoms with E-state index in [1.165, 1.54) is 43.2 Å². The van der Waals surface area contributed by atoms with E-state index in [-0.39, 0.29) is 0 Å². The van der Waals surface area contributed by atoms with Crippen molar-refractivity contribution in [3.63, 3.8) is 0 Å². The van der Waals surface area contributed by atoms with Gasteiger partial charge in [-0.2, -0.15) is 0 Å². The molecule has 0 radical (unpaired) electrons. The maximum atomic E-state index is 4.59. The molecule has 104 valence electrons. The molecule has 1 N–H and O–H groups in total. The minimum atomic E-state index is 1.03. The normalized spacial score (nSPS) is 11.1. The summed E-state index contributed by atoms with van der Waals surface area (Å²) in [6, 6.07) is 6.23. The fourth-order valence-corrected chi connectivity index (χ4v) is 3.52. The third-order valence-corrected chi connectivity index (χ3v) is 4.63. The molecule has 2 rings (SSSR count). The van der Waals surface area contributed by atoms with Crippen LogP contribution in [0.3, 0.4) is 0 Å². The molecular weight excluding hydrogens is 320 g/mol. The summed E-state index contributed by atoms with van der Waals surface area (Å²) in [5.41, 5.74) is 1.08. The third kappa shape index (κ3) is 4.77. The first-order chi connectivity index (χ1) is 9.29. The van der Waals surface area contributed by atoms with Crippen LogP contribution >= 0.6 is 27.3 Å². The third-order valence-electron chi connectivity index (χ3n) is 3.16. The lowest BCUT2D eigenvalue weighted by molar-refractivity contribution is 0.617. The van der Waals surface area contributed by atoms with Gasteiger partial charge in [-0.15, -0.1) is 0 Å². The Morgan fingerprint density at radius 2 is 1.95 bits per heavy atom. The smallest absolute Gasteiger partial charge is 0.183 e. The lowest BCUT2D eigenvalue weighted by atomic mass is 10.1. The molecule has 0 unspecified atom stereocenters. The number of unbranched alkanes of at least 4 members (excludes halogenated alkanes) is 5. The van der Waals surface area contributed by atoms with Crippen LogP contribution in [0.25, 0.3) is 10.2 Å². The lowest BCUT2D eigenvalue weighted by Gasteiger charge is -2.02. The van der Waals surface area contributed by atoms with E-state index < -0.39 is 0 Å². The summed E-state index contributed by atoms with van der Waals surface area (Å²) < 4.78 is 2.35. The van der Waals surface area contributed by atoms with Gasteiger partial charge in [-0.1, -0.05) is 66.3 Å². The SMILES string of the molecule is CCCCCCCCNc1nc2ccc(Br)cc2s1. The summed E-state index contributed by atoms with van der Waals surface area (Å²) in [5.74, 6) is 0. The van der Waals surface area contributed by atoms with Gasteiger partial charge in [0.25, 0.3) is 0 Å².